The number of pyridine rings is 2. The number of carbonyl (C=O) groups is 2. The zero-order valence-electron chi connectivity index (χ0n) is 25.5. The summed E-state index contributed by atoms with van der Waals surface area (Å²) in [5.41, 5.74) is -6.35. The Morgan fingerprint density at radius 2 is 1.79 bits per heavy atom. The lowest BCUT2D eigenvalue weighted by atomic mass is 9.80. The lowest BCUT2D eigenvalue weighted by Crippen LogP contribution is -2.63. The Balaban J connectivity index is 1.42. The number of hydrogen-bond donors (Lipinski definition) is 3. The van der Waals surface area contributed by atoms with Crippen LogP contribution in [0.2, 0.25) is 0 Å². The van der Waals surface area contributed by atoms with Gasteiger partial charge in [0, 0.05) is 28.3 Å². The number of carbonyl (C=O) groups excluding carboxylic acids is 2. The van der Waals surface area contributed by atoms with Crippen molar-refractivity contribution in [3.05, 3.63) is 83.4 Å². The normalized spacial score (nSPS) is 19.6. The van der Waals surface area contributed by atoms with Crippen LogP contribution >= 0.6 is 0 Å². The SMILES string of the molecule is COc1cc(C(=O)NC[C@](O)(c2cc3c(c(-c4ccc(F)cc4)n2)OC[C@]3(C)C(=O)NC2(C)COC2)C(F)(F)F)cc2cccnc12. The maximum absolute atomic E-state index is 14.9. The number of alkyl halides is 3. The van der Waals surface area contributed by atoms with Gasteiger partial charge < -0.3 is 30.0 Å². The minimum Gasteiger partial charge on any atom is -0.494 e. The molecule has 0 bridgehead atoms. The average Bonchev–Trinajstić information content (AvgIpc) is 3.39. The molecule has 0 unspecified atom stereocenters. The van der Waals surface area contributed by atoms with Crippen molar-refractivity contribution in [2.75, 3.05) is 33.5 Å². The van der Waals surface area contributed by atoms with Crippen LogP contribution in [0.15, 0.2) is 60.8 Å². The van der Waals surface area contributed by atoms with E-state index < -0.39 is 52.6 Å². The molecule has 0 spiro atoms. The molecule has 0 saturated carbocycles. The first-order valence-electron chi connectivity index (χ1n) is 14.5. The molecule has 2 amide bonds. The summed E-state index contributed by atoms with van der Waals surface area (Å²) in [4.78, 5) is 35.2. The van der Waals surface area contributed by atoms with E-state index in [2.05, 4.69) is 20.6 Å². The largest absolute Gasteiger partial charge is 0.494 e. The first-order chi connectivity index (χ1) is 22.2. The number of aliphatic hydroxyl groups is 1. The van der Waals surface area contributed by atoms with Crippen molar-refractivity contribution in [2.45, 2.75) is 36.6 Å². The molecule has 1 saturated heterocycles. The molecule has 10 nitrogen and oxygen atoms in total. The minimum absolute atomic E-state index is 0.0125. The van der Waals surface area contributed by atoms with Crippen LogP contribution in [0.4, 0.5) is 17.6 Å². The second-order valence-corrected chi connectivity index (χ2v) is 12.2. The predicted octanol–water partition coefficient (Wildman–Crippen LogP) is 4.18. The zero-order chi connectivity index (χ0) is 33.8. The highest BCUT2D eigenvalue weighted by atomic mass is 19.4. The number of methoxy groups -OCH3 is 1. The number of nitrogens with one attached hydrogen (secondary N) is 2. The van der Waals surface area contributed by atoms with Crippen LogP contribution in [0.25, 0.3) is 22.2 Å². The molecule has 6 rings (SSSR count). The van der Waals surface area contributed by atoms with E-state index in [4.69, 9.17) is 14.2 Å². The predicted molar refractivity (Wildman–Crippen MR) is 160 cm³/mol. The number of halogens is 4. The van der Waals surface area contributed by atoms with E-state index in [0.717, 1.165) is 18.2 Å². The van der Waals surface area contributed by atoms with Crippen LogP contribution in [-0.4, -0.2) is 72.1 Å². The number of rotatable bonds is 8. The second-order valence-electron chi connectivity index (χ2n) is 12.2. The van der Waals surface area contributed by atoms with Gasteiger partial charge in [-0.1, -0.05) is 6.07 Å². The first-order valence-corrected chi connectivity index (χ1v) is 14.5. The third-order valence-electron chi connectivity index (χ3n) is 8.50. The Hall–Kier alpha value is -4.82. The van der Waals surface area contributed by atoms with Crippen molar-refractivity contribution in [1.82, 2.24) is 20.6 Å². The number of hydrogen-bond acceptors (Lipinski definition) is 8. The van der Waals surface area contributed by atoms with Gasteiger partial charge >= 0.3 is 6.18 Å². The van der Waals surface area contributed by atoms with Gasteiger partial charge in [0.2, 0.25) is 11.5 Å². The molecule has 246 valence electrons. The maximum Gasteiger partial charge on any atom is 0.424 e. The van der Waals surface area contributed by atoms with Crippen LogP contribution < -0.4 is 20.1 Å². The van der Waals surface area contributed by atoms with E-state index >= 15 is 0 Å². The van der Waals surface area contributed by atoms with Crippen molar-refractivity contribution in [3.63, 3.8) is 0 Å². The van der Waals surface area contributed by atoms with Gasteiger partial charge in [-0.2, -0.15) is 13.2 Å². The fraction of sp³-hybridized carbons (Fsp3) is 0.333. The van der Waals surface area contributed by atoms with Crippen molar-refractivity contribution in [2.24, 2.45) is 0 Å². The number of fused-ring (bicyclic) bond motifs is 2. The monoisotopic (exact) mass is 654 g/mol. The van der Waals surface area contributed by atoms with Crippen molar-refractivity contribution in [3.8, 4) is 22.8 Å². The molecule has 14 heteroatoms. The topological polar surface area (TPSA) is 132 Å². The van der Waals surface area contributed by atoms with E-state index in [9.17, 15) is 32.3 Å². The van der Waals surface area contributed by atoms with E-state index in [-0.39, 0.29) is 53.7 Å². The molecule has 2 atom stereocenters. The summed E-state index contributed by atoms with van der Waals surface area (Å²) >= 11 is 0. The molecule has 4 heterocycles. The molecule has 2 aliphatic heterocycles. The highest BCUT2D eigenvalue weighted by Crippen LogP contribution is 2.48. The summed E-state index contributed by atoms with van der Waals surface area (Å²) in [6.07, 6.45) is -3.83. The molecule has 2 aromatic carbocycles. The smallest absolute Gasteiger partial charge is 0.424 e. The molecular formula is C33H30F4N4O6. The number of nitrogens with zero attached hydrogens (tertiary/aromatic N) is 2. The summed E-state index contributed by atoms with van der Waals surface area (Å²) in [6, 6.07) is 11.8. The van der Waals surface area contributed by atoms with E-state index in [1.54, 1.807) is 19.1 Å². The van der Waals surface area contributed by atoms with Gasteiger partial charge in [0.05, 0.1) is 38.1 Å². The number of benzene rings is 2. The minimum atomic E-state index is -5.36. The van der Waals surface area contributed by atoms with Crippen LogP contribution in [-0.2, 0) is 20.5 Å². The van der Waals surface area contributed by atoms with Gasteiger partial charge in [0.25, 0.3) is 5.91 Å². The number of amides is 2. The Morgan fingerprint density at radius 1 is 1.06 bits per heavy atom. The second kappa shape index (κ2) is 11.5. The maximum atomic E-state index is 14.9. The van der Waals surface area contributed by atoms with E-state index in [1.165, 1.54) is 44.5 Å². The molecule has 1 fully saturated rings. The summed E-state index contributed by atoms with van der Waals surface area (Å²) in [5.74, 6) is -1.83. The van der Waals surface area contributed by atoms with Crippen LogP contribution in [0.3, 0.4) is 0 Å². The van der Waals surface area contributed by atoms with E-state index in [0.29, 0.717) is 10.9 Å². The fourth-order valence-electron chi connectivity index (χ4n) is 5.57. The van der Waals surface area contributed by atoms with Gasteiger partial charge in [0.1, 0.15) is 40.5 Å². The van der Waals surface area contributed by atoms with Crippen molar-refractivity contribution in [1.29, 1.82) is 0 Å². The van der Waals surface area contributed by atoms with Gasteiger partial charge in [-0.25, -0.2) is 9.37 Å². The zero-order valence-corrected chi connectivity index (χ0v) is 25.5. The molecular weight excluding hydrogens is 624 g/mol. The van der Waals surface area contributed by atoms with Crippen molar-refractivity contribution < 1.29 is 46.5 Å². The first kappa shape index (κ1) is 32.1. The van der Waals surface area contributed by atoms with Crippen molar-refractivity contribution >= 4 is 22.7 Å². The Bertz CT molecular complexity index is 1880. The standard InChI is InChI=1S/C33H30F4N4O6/c1-30(15-46-16-30)41-29(43)31(2)17-47-27-22(31)13-24(40-26(27)18-6-8-21(34)9-7-18)32(44,33(35,36)37)14-39-28(42)20-11-19-5-4-10-38-25(19)23(12-20)45-3/h4-13,44H,14-17H2,1-3H3,(H,39,42)(H,41,43)/t31-,32-/m0/s1. The lowest BCUT2D eigenvalue weighted by Gasteiger charge is -2.40. The Kier molecular flexibility index (Phi) is 7.83. The molecule has 4 aromatic rings. The van der Waals surface area contributed by atoms with Crippen LogP contribution in [0.5, 0.6) is 11.5 Å². The molecule has 0 aliphatic carbocycles. The quantitative estimate of drug-likeness (QED) is 0.241. The van der Waals surface area contributed by atoms with Crippen LogP contribution in [0, 0.1) is 5.82 Å². The average molecular weight is 655 g/mol. The molecule has 3 N–H and O–H groups in total. The molecule has 47 heavy (non-hydrogen) atoms. The lowest BCUT2D eigenvalue weighted by molar-refractivity contribution is -0.265. The number of aromatic nitrogens is 2. The number of ether oxygens (including phenoxy) is 3. The molecule has 2 aromatic heterocycles. The third-order valence-corrected chi connectivity index (χ3v) is 8.50. The summed E-state index contributed by atoms with van der Waals surface area (Å²) < 4.78 is 74.9. The summed E-state index contributed by atoms with van der Waals surface area (Å²) in [5, 5.41) is 17.0. The Labute approximate surface area is 266 Å². The summed E-state index contributed by atoms with van der Waals surface area (Å²) in [7, 11) is 1.36. The van der Waals surface area contributed by atoms with Gasteiger partial charge in [-0.05, 0) is 62.4 Å². The van der Waals surface area contributed by atoms with Gasteiger partial charge in [0.15, 0.2) is 0 Å². The highest BCUT2D eigenvalue weighted by Gasteiger charge is 2.58. The highest BCUT2D eigenvalue weighted by molar-refractivity contribution is 6.00. The summed E-state index contributed by atoms with van der Waals surface area (Å²) in [6.45, 7) is 2.19. The third kappa shape index (κ3) is 5.61. The van der Waals surface area contributed by atoms with E-state index in [1.807, 2.05) is 0 Å². The van der Waals surface area contributed by atoms with Gasteiger partial charge in [-0.3, -0.25) is 14.6 Å². The molecule has 2 aliphatic rings. The van der Waals surface area contributed by atoms with Gasteiger partial charge in [-0.15, -0.1) is 0 Å². The fourth-order valence-corrected chi connectivity index (χ4v) is 5.57. The Morgan fingerprint density at radius 3 is 2.43 bits per heavy atom. The molecule has 0 radical (unpaired) electrons. The van der Waals surface area contributed by atoms with Crippen LogP contribution in [0.1, 0.15) is 35.5 Å².